The largest absolute Gasteiger partial charge is 0.386 e. The summed E-state index contributed by atoms with van der Waals surface area (Å²) in [6, 6.07) is 13.4. The highest BCUT2D eigenvalue weighted by molar-refractivity contribution is 6.39. The summed E-state index contributed by atoms with van der Waals surface area (Å²) in [4.78, 5) is 32.5. The van der Waals surface area contributed by atoms with E-state index in [4.69, 9.17) is 4.84 Å². The van der Waals surface area contributed by atoms with Crippen molar-refractivity contribution in [2.75, 3.05) is 18.4 Å². The third-order valence-electron chi connectivity index (χ3n) is 5.58. The standard InChI is InChI=1S/C23H25FN4O3/c1-16-6-8-17(9-7-16)14-25-21(29)20-13-23(31-27-20)10-3-11-28(15-23)22(30)26-19-5-2-4-18(24)12-19/h2,4-9,12H,3,10-11,13-15H2,1H3,(H,25,29)(H,26,30)/t23-/m1/s1. The highest BCUT2D eigenvalue weighted by atomic mass is 19.1. The number of carbonyl (C=O) groups excluding carboxylic acids is 2. The summed E-state index contributed by atoms with van der Waals surface area (Å²) in [5.74, 6) is -0.680. The fourth-order valence-corrected chi connectivity index (χ4v) is 3.89. The number of rotatable bonds is 4. The van der Waals surface area contributed by atoms with E-state index in [0.717, 1.165) is 17.5 Å². The van der Waals surface area contributed by atoms with Crippen molar-refractivity contribution in [2.45, 2.75) is 38.3 Å². The lowest BCUT2D eigenvalue weighted by Gasteiger charge is -2.38. The molecular weight excluding hydrogens is 399 g/mol. The number of likely N-dealkylation sites (tertiary alicyclic amines) is 1. The Balaban J connectivity index is 1.32. The number of piperidine rings is 1. The molecule has 1 spiro atoms. The summed E-state index contributed by atoms with van der Waals surface area (Å²) in [7, 11) is 0. The van der Waals surface area contributed by atoms with Crippen molar-refractivity contribution in [3.63, 3.8) is 0 Å². The molecular formula is C23H25FN4O3. The minimum absolute atomic E-state index is 0.265. The fraction of sp³-hybridized carbons (Fsp3) is 0.348. The van der Waals surface area contributed by atoms with Crippen LogP contribution in [0.3, 0.4) is 0 Å². The van der Waals surface area contributed by atoms with Crippen molar-refractivity contribution in [1.29, 1.82) is 0 Å². The number of aryl methyl sites for hydroxylation is 1. The lowest BCUT2D eigenvalue weighted by atomic mass is 9.88. The van der Waals surface area contributed by atoms with E-state index in [1.165, 1.54) is 18.2 Å². The maximum Gasteiger partial charge on any atom is 0.321 e. The molecule has 2 heterocycles. The van der Waals surface area contributed by atoms with Crippen LogP contribution in [-0.4, -0.2) is 41.2 Å². The molecule has 2 aromatic rings. The maximum absolute atomic E-state index is 13.4. The summed E-state index contributed by atoms with van der Waals surface area (Å²) >= 11 is 0. The second kappa shape index (κ2) is 8.75. The molecule has 1 saturated heterocycles. The summed E-state index contributed by atoms with van der Waals surface area (Å²) in [6.07, 6.45) is 1.77. The minimum atomic E-state index is -0.700. The topological polar surface area (TPSA) is 83.0 Å². The Bertz CT molecular complexity index is 1010. The van der Waals surface area contributed by atoms with Gasteiger partial charge in [-0.3, -0.25) is 4.79 Å². The summed E-state index contributed by atoms with van der Waals surface area (Å²) in [6.45, 7) is 3.29. The van der Waals surface area contributed by atoms with Crippen molar-refractivity contribution < 1.29 is 18.8 Å². The molecule has 0 unspecified atom stereocenters. The molecule has 0 radical (unpaired) electrons. The number of halogens is 1. The van der Waals surface area contributed by atoms with Gasteiger partial charge in [-0.2, -0.15) is 0 Å². The van der Waals surface area contributed by atoms with Gasteiger partial charge in [-0.25, -0.2) is 9.18 Å². The molecule has 8 heteroatoms. The van der Waals surface area contributed by atoms with Crippen molar-refractivity contribution >= 4 is 23.3 Å². The van der Waals surface area contributed by atoms with Gasteiger partial charge in [-0.15, -0.1) is 0 Å². The molecule has 2 aromatic carbocycles. The van der Waals surface area contributed by atoms with Crippen LogP contribution in [0.1, 0.15) is 30.4 Å². The second-order valence-electron chi connectivity index (χ2n) is 8.12. The van der Waals surface area contributed by atoms with E-state index < -0.39 is 11.4 Å². The number of nitrogens with one attached hydrogen (secondary N) is 2. The quantitative estimate of drug-likeness (QED) is 0.787. The van der Waals surface area contributed by atoms with E-state index in [0.29, 0.717) is 43.9 Å². The molecule has 0 bridgehead atoms. The Morgan fingerprint density at radius 3 is 2.81 bits per heavy atom. The molecule has 2 aliphatic rings. The predicted molar refractivity (Wildman–Crippen MR) is 115 cm³/mol. The molecule has 162 valence electrons. The SMILES string of the molecule is Cc1ccc(CNC(=O)C2=NO[C@]3(CCCN(C(=O)Nc4cccc(F)c4)C3)C2)cc1. The maximum atomic E-state index is 13.4. The van der Waals surface area contributed by atoms with E-state index in [2.05, 4.69) is 15.8 Å². The van der Waals surface area contributed by atoms with Gasteiger partial charge in [0.1, 0.15) is 11.5 Å². The molecule has 0 saturated carbocycles. The monoisotopic (exact) mass is 424 g/mol. The van der Waals surface area contributed by atoms with Crippen molar-refractivity contribution in [2.24, 2.45) is 5.16 Å². The highest BCUT2D eigenvalue weighted by Gasteiger charge is 2.45. The van der Waals surface area contributed by atoms with Gasteiger partial charge in [0.25, 0.3) is 5.91 Å². The molecule has 2 N–H and O–H groups in total. The molecule has 31 heavy (non-hydrogen) atoms. The smallest absolute Gasteiger partial charge is 0.321 e. The predicted octanol–water partition coefficient (Wildman–Crippen LogP) is 3.59. The average molecular weight is 424 g/mol. The van der Waals surface area contributed by atoms with Crippen LogP contribution < -0.4 is 10.6 Å². The van der Waals surface area contributed by atoms with Crippen LogP contribution in [0, 0.1) is 12.7 Å². The normalized spacial score (nSPS) is 20.2. The van der Waals surface area contributed by atoms with E-state index in [-0.39, 0.29) is 11.9 Å². The van der Waals surface area contributed by atoms with Crippen LogP contribution in [0.25, 0.3) is 0 Å². The fourth-order valence-electron chi connectivity index (χ4n) is 3.89. The summed E-state index contributed by atoms with van der Waals surface area (Å²) < 4.78 is 13.4. The Kier molecular flexibility index (Phi) is 5.88. The average Bonchev–Trinajstić information content (AvgIpc) is 3.16. The third-order valence-corrected chi connectivity index (χ3v) is 5.58. The van der Waals surface area contributed by atoms with Crippen molar-refractivity contribution in [3.05, 3.63) is 65.5 Å². The molecule has 0 aliphatic carbocycles. The van der Waals surface area contributed by atoms with Gasteiger partial charge in [0.2, 0.25) is 0 Å². The van der Waals surface area contributed by atoms with Crippen LogP contribution >= 0.6 is 0 Å². The number of nitrogens with zero attached hydrogens (tertiary/aromatic N) is 2. The first kappa shape index (κ1) is 20.8. The summed E-state index contributed by atoms with van der Waals surface area (Å²) in [5.41, 5.74) is 2.19. The number of oxime groups is 1. The van der Waals surface area contributed by atoms with E-state index in [1.54, 1.807) is 11.0 Å². The Hall–Kier alpha value is -3.42. The van der Waals surface area contributed by atoms with E-state index in [1.807, 2.05) is 31.2 Å². The molecule has 3 amide bonds. The molecule has 0 aromatic heterocycles. The zero-order valence-electron chi connectivity index (χ0n) is 17.4. The number of anilines is 1. The van der Waals surface area contributed by atoms with Gasteiger partial charge in [-0.05, 0) is 43.5 Å². The second-order valence-corrected chi connectivity index (χ2v) is 8.12. The van der Waals surface area contributed by atoms with Crippen LogP contribution in [0.15, 0.2) is 53.7 Å². The minimum Gasteiger partial charge on any atom is -0.386 e. The Morgan fingerprint density at radius 2 is 2.03 bits per heavy atom. The van der Waals surface area contributed by atoms with Gasteiger partial charge < -0.3 is 20.4 Å². The number of amides is 3. The summed E-state index contributed by atoms with van der Waals surface area (Å²) in [5, 5.41) is 9.61. The number of hydrogen-bond acceptors (Lipinski definition) is 4. The zero-order chi connectivity index (χ0) is 21.8. The number of benzene rings is 2. The third kappa shape index (κ3) is 5.02. The van der Waals surface area contributed by atoms with Gasteiger partial charge in [0.05, 0.1) is 6.54 Å². The van der Waals surface area contributed by atoms with Crippen LogP contribution in [0.5, 0.6) is 0 Å². The van der Waals surface area contributed by atoms with Gasteiger partial charge in [0, 0.05) is 25.2 Å². The van der Waals surface area contributed by atoms with Crippen LogP contribution in [0.4, 0.5) is 14.9 Å². The van der Waals surface area contributed by atoms with Crippen molar-refractivity contribution in [3.8, 4) is 0 Å². The number of hydrogen-bond donors (Lipinski definition) is 2. The van der Waals surface area contributed by atoms with E-state index >= 15 is 0 Å². The number of carbonyl (C=O) groups is 2. The first-order chi connectivity index (χ1) is 14.9. The van der Waals surface area contributed by atoms with Gasteiger partial charge >= 0.3 is 6.03 Å². The molecule has 4 rings (SSSR count). The lowest BCUT2D eigenvalue weighted by molar-refractivity contribution is -0.115. The first-order valence-electron chi connectivity index (χ1n) is 10.3. The van der Waals surface area contributed by atoms with Crippen molar-refractivity contribution in [1.82, 2.24) is 10.2 Å². The molecule has 7 nitrogen and oxygen atoms in total. The molecule has 2 aliphatic heterocycles. The van der Waals surface area contributed by atoms with Crippen LogP contribution in [0.2, 0.25) is 0 Å². The first-order valence-corrected chi connectivity index (χ1v) is 10.3. The van der Waals surface area contributed by atoms with E-state index in [9.17, 15) is 14.0 Å². The van der Waals surface area contributed by atoms with Crippen LogP contribution in [-0.2, 0) is 16.2 Å². The molecule has 1 fully saturated rings. The Labute approximate surface area is 180 Å². The zero-order valence-corrected chi connectivity index (χ0v) is 17.4. The van der Waals surface area contributed by atoms with Gasteiger partial charge in [-0.1, -0.05) is 41.1 Å². The Morgan fingerprint density at radius 1 is 1.23 bits per heavy atom. The lowest BCUT2D eigenvalue weighted by Crippen LogP contribution is -2.52. The number of urea groups is 1. The highest BCUT2D eigenvalue weighted by Crippen LogP contribution is 2.33. The molecule has 1 atom stereocenters. The van der Waals surface area contributed by atoms with Gasteiger partial charge in [0.15, 0.2) is 5.60 Å².